The van der Waals surface area contributed by atoms with Crippen LogP contribution in [0.3, 0.4) is 0 Å². The summed E-state index contributed by atoms with van der Waals surface area (Å²) in [5.74, 6) is -0.182. The van der Waals surface area contributed by atoms with Crippen molar-refractivity contribution < 1.29 is 4.79 Å². The van der Waals surface area contributed by atoms with E-state index in [0.717, 1.165) is 33.5 Å². The van der Waals surface area contributed by atoms with E-state index >= 15 is 0 Å². The SMILES string of the molecule is Cc1ccccc1-n1ncc(C(=O)Nc2cccc3ncccc23)c1C. The van der Waals surface area contributed by atoms with Gasteiger partial charge in [-0.05, 0) is 49.7 Å². The molecule has 2 heterocycles. The second-order valence-corrected chi connectivity index (χ2v) is 6.17. The lowest BCUT2D eigenvalue weighted by molar-refractivity contribution is 0.102. The molecule has 5 heteroatoms. The summed E-state index contributed by atoms with van der Waals surface area (Å²) in [7, 11) is 0. The number of nitrogens with one attached hydrogen (secondary N) is 1. The first-order valence-corrected chi connectivity index (χ1v) is 8.41. The van der Waals surface area contributed by atoms with Crippen LogP contribution in [0.5, 0.6) is 0 Å². The van der Waals surface area contributed by atoms with Crippen LogP contribution in [-0.4, -0.2) is 20.7 Å². The molecule has 128 valence electrons. The minimum absolute atomic E-state index is 0.182. The maximum absolute atomic E-state index is 12.8. The quantitative estimate of drug-likeness (QED) is 0.604. The summed E-state index contributed by atoms with van der Waals surface area (Å²) in [5.41, 5.74) is 5.01. The van der Waals surface area contributed by atoms with Crippen LogP contribution in [0.4, 0.5) is 5.69 Å². The van der Waals surface area contributed by atoms with Crippen LogP contribution < -0.4 is 5.32 Å². The first kappa shape index (κ1) is 16.0. The molecule has 4 rings (SSSR count). The molecule has 2 aromatic carbocycles. The van der Waals surface area contributed by atoms with E-state index in [2.05, 4.69) is 15.4 Å². The molecule has 0 aliphatic carbocycles. The molecule has 0 radical (unpaired) electrons. The molecule has 0 spiro atoms. The van der Waals surface area contributed by atoms with Gasteiger partial charge in [0.05, 0.1) is 34.3 Å². The summed E-state index contributed by atoms with van der Waals surface area (Å²) in [5, 5.41) is 8.31. The zero-order valence-corrected chi connectivity index (χ0v) is 14.6. The molecule has 2 aromatic heterocycles. The molecule has 4 aromatic rings. The first-order valence-electron chi connectivity index (χ1n) is 8.41. The van der Waals surface area contributed by atoms with Gasteiger partial charge in [0.15, 0.2) is 0 Å². The van der Waals surface area contributed by atoms with Crippen molar-refractivity contribution in [1.29, 1.82) is 0 Å². The summed E-state index contributed by atoms with van der Waals surface area (Å²) in [6, 6.07) is 17.5. The van der Waals surface area contributed by atoms with Gasteiger partial charge in [0, 0.05) is 11.6 Å². The molecule has 0 atom stereocenters. The Kier molecular flexibility index (Phi) is 3.97. The summed E-state index contributed by atoms with van der Waals surface area (Å²) in [6.07, 6.45) is 3.35. The highest BCUT2D eigenvalue weighted by molar-refractivity contribution is 6.09. The van der Waals surface area contributed by atoms with E-state index in [1.807, 2.05) is 68.4 Å². The lowest BCUT2D eigenvalue weighted by atomic mass is 10.1. The van der Waals surface area contributed by atoms with Crippen molar-refractivity contribution in [2.24, 2.45) is 0 Å². The molecule has 1 amide bonds. The molecular formula is C21H18N4O. The van der Waals surface area contributed by atoms with E-state index < -0.39 is 0 Å². The van der Waals surface area contributed by atoms with Crippen molar-refractivity contribution in [2.75, 3.05) is 5.32 Å². The minimum Gasteiger partial charge on any atom is -0.321 e. The summed E-state index contributed by atoms with van der Waals surface area (Å²) >= 11 is 0. The molecule has 0 saturated heterocycles. The van der Waals surface area contributed by atoms with E-state index in [4.69, 9.17) is 0 Å². The molecule has 26 heavy (non-hydrogen) atoms. The molecule has 0 saturated carbocycles. The van der Waals surface area contributed by atoms with Gasteiger partial charge in [-0.2, -0.15) is 5.10 Å². The zero-order chi connectivity index (χ0) is 18.1. The van der Waals surface area contributed by atoms with Crippen LogP contribution in [0.25, 0.3) is 16.6 Å². The number of hydrogen-bond acceptors (Lipinski definition) is 3. The number of para-hydroxylation sites is 1. The highest BCUT2D eigenvalue weighted by Crippen LogP contribution is 2.23. The monoisotopic (exact) mass is 342 g/mol. The van der Waals surface area contributed by atoms with E-state index in [0.29, 0.717) is 5.56 Å². The Hall–Kier alpha value is -3.47. The number of nitrogens with zero attached hydrogens (tertiary/aromatic N) is 3. The van der Waals surface area contributed by atoms with Crippen molar-refractivity contribution >= 4 is 22.5 Å². The number of rotatable bonds is 3. The van der Waals surface area contributed by atoms with Crippen LogP contribution >= 0.6 is 0 Å². The van der Waals surface area contributed by atoms with E-state index in [1.165, 1.54) is 0 Å². The number of fused-ring (bicyclic) bond motifs is 1. The van der Waals surface area contributed by atoms with Crippen LogP contribution in [0.2, 0.25) is 0 Å². The summed E-state index contributed by atoms with van der Waals surface area (Å²) in [4.78, 5) is 17.1. The molecule has 0 aliphatic rings. The fourth-order valence-electron chi connectivity index (χ4n) is 3.08. The molecule has 1 N–H and O–H groups in total. The lowest BCUT2D eigenvalue weighted by Gasteiger charge is -2.10. The van der Waals surface area contributed by atoms with Gasteiger partial charge in [-0.15, -0.1) is 0 Å². The molecular weight excluding hydrogens is 324 g/mol. The van der Waals surface area contributed by atoms with Crippen LogP contribution in [0, 0.1) is 13.8 Å². The van der Waals surface area contributed by atoms with Gasteiger partial charge in [-0.25, -0.2) is 4.68 Å². The Bertz CT molecular complexity index is 1110. The highest BCUT2D eigenvalue weighted by Gasteiger charge is 2.17. The molecule has 0 unspecified atom stereocenters. The van der Waals surface area contributed by atoms with Crippen LogP contribution in [-0.2, 0) is 0 Å². The third-order valence-corrected chi connectivity index (χ3v) is 4.49. The van der Waals surface area contributed by atoms with E-state index in [9.17, 15) is 4.79 Å². The third-order valence-electron chi connectivity index (χ3n) is 4.49. The summed E-state index contributed by atoms with van der Waals surface area (Å²) in [6.45, 7) is 3.93. The summed E-state index contributed by atoms with van der Waals surface area (Å²) < 4.78 is 1.80. The Morgan fingerprint density at radius 2 is 1.85 bits per heavy atom. The topological polar surface area (TPSA) is 59.8 Å². The smallest absolute Gasteiger partial charge is 0.259 e. The molecule has 0 bridgehead atoms. The Labute approximate surface area is 151 Å². The Morgan fingerprint density at radius 1 is 1.00 bits per heavy atom. The highest BCUT2D eigenvalue weighted by atomic mass is 16.1. The number of benzene rings is 2. The maximum atomic E-state index is 12.8. The van der Waals surface area contributed by atoms with Gasteiger partial charge in [-0.1, -0.05) is 24.3 Å². The van der Waals surface area contributed by atoms with Crippen molar-refractivity contribution in [2.45, 2.75) is 13.8 Å². The van der Waals surface area contributed by atoms with Crippen molar-refractivity contribution in [3.8, 4) is 5.69 Å². The van der Waals surface area contributed by atoms with Crippen LogP contribution in [0.15, 0.2) is 67.0 Å². The lowest BCUT2D eigenvalue weighted by Crippen LogP contribution is -2.13. The maximum Gasteiger partial charge on any atom is 0.259 e. The Balaban J connectivity index is 1.68. The number of carbonyl (C=O) groups excluding carboxylic acids is 1. The standard InChI is InChI=1S/C21H18N4O/c1-14-7-3-4-11-20(14)25-15(2)17(13-23-25)21(26)24-19-10-5-9-18-16(19)8-6-12-22-18/h3-13H,1-2H3,(H,24,26). The predicted octanol–water partition coefficient (Wildman–Crippen LogP) is 4.29. The zero-order valence-electron chi connectivity index (χ0n) is 14.6. The molecule has 0 aliphatic heterocycles. The normalized spacial score (nSPS) is 10.8. The van der Waals surface area contributed by atoms with Gasteiger partial charge in [0.2, 0.25) is 0 Å². The van der Waals surface area contributed by atoms with Crippen molar-refractivity contribution in [1.82, 2.24) is 14.8 Å². The average Bonchev–Trinajstić information content (AvgIpc) is 3.04. The van der Waals surface area contributed by atoms with Crippen LogP contribution in [0.1, 0.15) is 21.6 Å². The Morgan fingerprint density at radius 3 is 2.69 bits per heavy atom. The number of carbonyl (C=O) groups is 1. The number of pyridine rings is 1. The minimum atomic E-state index is -0.182. The second-order valence-electron chi connectivity index (χ2n) is 6.17. The van der Waals surface area contributed by atoms with E-state index in [-0.39, 0.29) is 5.91 Å². The number of hydrogen-bond donors (Lipinski definition) is 1. The van der Waals surface area contributed by atoms with Gasteiger partial charge in [-0.3, -0.25) is 9.78 Å². The molecule has 5 nitrogen and oxygen atoms in total. The predicted molar refractivity (Wildman–Crippen MR) is 103 cm³/mol. The largest absolute Gasteiger partial charge is 0.321 e. The fourth-order valence-corrected chi connectivity index (χ4v) is 3.08. The number of aromatic nitrogens is 3. The van der Waals surface area contributed by atoms with Gasteiger partial charge in [0.25, 0.3) is 5.91 Å². The third kappa shape index (κ3) is 2.73. The van der Waals surface area contributed by atoms with Crippen molar-refractivity contribution in [3.05, 3.63) is 83.8 Å². The first-order chi connectivity index (χ1) is 12.6. The number of aryl methyl sites for hydroxylation is 1. The average molecular weight is 342 g/mol. The molecule has 0 fully saturated rings. The van der Waals surface area contributed by atoms with Gasteiger partial charge < -0.3 is 5.32 Å². The number of anilines is 1. The fraction of sp³-hybridized carbons (Fsp3) is 0.0952. The van der Waals surface area contributed by atoms with E-state index in [1.54, 1.807) is 17.1 Å². The second kappa shape index (κ2) is 6.44. The van der Waals surface area contributed by atoms with Crippen molar-refractivity contribution in [3.63, 3.8) is 0 Å². The van der Waals surface area contributed by atoms with Gasteiger partial charge >= 0.3 is 0 Å². The van der Waals surface area contributed by atoms with Gasteiger partial charge in [0.1, 0.15) is 0 Å². The number of amides is 1.